The number of ether oxygens (including phenoxy) is 1. The summed E-state index contributed by atoms with van der Waals surface area (Å²) in [5.74, 6) is 5.03. The molecule has 1 heterocycles. The number of carbonyl (C=O) groups excluding carboxylic acids is 1. The summed E-state index contributed by atoms with van der Waals surface area (Å²) in [6, 6.07) is 0. The molecule has 0 amide bonds. The largest absolute Gasteiger partial charge is 0.462 e. The van der Waals surface area contributed by atoms with Gasteiger partial charge in [0.15, 0.2) is 0 Å². The van der Waals surface area contributed by atoms with Crippen molar-refractivity contribution in [2.75, 3.05) is 0 Å². The maximum atomic E-state index is 14.3. The molecule has 1 spiro atoms. The lowest BCUT2D eigenvalue weighted by Gasteiger charge is -2.54. The van der Waals surface area contributed by atoms with Crippen LogP contribution in [-0.4, -0.2) is 12.1 Å². The number of hydrogen-bond acceptors (Lipinski definition) is 2. The van der Waals surface area contributed by atoms with Crippen LogP contribution in [0.25, 0.3) is 0 Å². The Hall–Kier alpha value is -1.05. The molecule has 1 aliphatic heterocycles. The molecule has 0 aromatic heterocycles. The third-order valence-corrected chi connectivity index (χ3v) is 14.4. The average molecular weight is 505 g/mol. The second kappa shape index (κ2) is 7.78. The molecule has 204 valence electrons. The normalized spacial score (nSPS) is 54.4. The van der Waals surface area contributed by atoms with Gasteiger partial charge in [-0.15, -0.1) is 0 Å². The molecule has 0 aromatic rings. The lowest BCUT2D eigenvalue weighted by molar-refractivity contribution is -0.153. The van der Waals surface area contributed by atoms with Gasteiger partial charge in [0.05, 0.1) is 5.41 Å². The first-order valence-electron chi connectivity index (χ1n) is 16.0. The highest BCUT2D eigenvalue weighted by Gasteiger charge is 2.75. The fraction of sp³-hybridized carbons (Fsp3) is 0.857. The summed E-state index contributed by atoms with van der Waals surface area (Å²) in [7, 11) is 0. The molecule has 7 rings (SSSR count). The summed E-state index contributed by atoms with van der Waals surface area (Å²) in [4.78, 5) is 14.3. The highest BCUT2D eigenvalue weighted by molar-refractivity contribution is 5.83. The van der Waals surface area contributed by atoms with Crippen LogP contribution in [0.4, 0.5) is 0 Å². The van der Waals surface area contributed by atoms with E-state index in [1.54, 1.807) is 11.1 Å². The van der Waals surface area contributed by atoms with Crippen LogP contribution in [0.1, 0.15) is 119 Å². The molecule has 2 nitrogen and oxygen atoms in total. The zero-order valence-electron chi connectivity index (χ0n) is 24.8. The number of carbonyl (C=O) groups is 1. The minimum atomic E-state index is -0.277. The minimum absolute atomic E-state index is 0.00138. The lowest BCUT2D eigenvalue weighted by Crippen LogP contribution is -2.52. The smallest absolute Gasteiger partial charge is 0.313 e. The van der Waals surface area contributed by atoms with E-state index in [1.165, 1.54) is 57.8 Å². The molecule has 2 bridgehead atoms. The molecule has 4 fully saturated rings. The van der Waals surface area contributed by atoms with Crippen molar-refractivity contribution in [1.29, 1.82) is 0 Å². The van der Waals surface area contributed by atoms with Gasteiger partial charge in [0, 0.05) is 11.3 Å². The molecule has 11 atom stereocenters. The van der Waals surface area contributed by atoms with Crippen molar-refractivity contribution >= 4 is 5.97 Å². The van der Waals surface area contributed by atoms with Crippen LogP contribution in [0.3, 0.4) is 0 Å². The van der Waals surface area contributed by atoms with Gasteiger partial charge in [-0.25, -0.2) is 0 Å². The predicted octanol–water partition coefficient (Wildman–Crippen LogP) is 8.91. The fourth-order valence-corrected chi connectivity index (χ4v) is 12.6. The summed E-state index contributed by atoms with van der Waals surface area (Å²) in [6.45, 7) is 17.5. The molecule has 7 aliphatic rings. The Kier molecular flexibility index (Phi) is 5.25. The van der Waals surface area contributed by atoms with E-state index in [-0.39, 0.29) is 22.9 Å². The summed E-state index contributed by atoms with van der Waals surface area (Å²) in [5.41, 5.74) is 5.59. The van der Waals surface area contributed by atoms with E-state index in [9.17, 15) is 4.79 Å². The standard InChI is InChI=1S/C35H52O2/c1-20(2)24-12-14-33(6)18-28-30(22(4)10-11-25(24)33)23-16-34(28,7)35(17-23)27-15-26-21(3)9-8-13-32(26,5)19-29(27)37-31(35)36/h9,20,22-27,29H,8,10-19H2,1-7H3/t22-,23+,24+,25-,26+,27+,29-,32-,33+,34+,35-/m1/s1. The van der Waals surface area contributed by atoms with Gasteiger partial charge in [-0.2, -0.15) is 0 Å². The SMILES string of the molecule is CC1=CCC[C@]2(C)C[C@H]3OC(=O)[C@@]4(C[C@@H]5C[C@@]4(C)C4=C5[C@H](C)CC[C@@H]5[C@H](C(C)C)CC[C@@]5(C)C4)[C@H]3C[C@@H]12. The maximum Gasteiger partial charge on any atom is 0.313 e. The van der Waals surface area contributed by atoms with Crippen LogP contribution < -0.4 is 0 Å². The van der Waals surface area contributed by atoms with Crippen molar-refractivity contribution in [3.8, 4) is 0 Å². The summed E-state index contributed by atoms with van der Waals surface area (Å²) in [6.07, 6.45) is 16.4. The molecule has 2 heteroatoms. The molecule has 37 heavy (non-hydrogen) atoms. The first-order chi connectivity index (χ1) is 17.4. The average Bonchev–Trinajstić information content (AvgIpc) is 3.47. The molecule has 3 saturated carbocycles. The maximum absolute atomic E-state index is 14.3. The van der Waals surface area contributed by atoms with E-state index in [0.29, 0.717) is 34.5 Å². The van der Waals surface area contributed by atoms with Gasteiger partial charge >= 0.3 is 5.97 Å². The van der Waals surface area contributed by atoms with Crippen molar-refractivity contribution in [3.05, 3.63) is 22.8 Å². The van der Waals surface area contributed by atoms with Gasteiger partial charge < -0.3 is 4.74 Å². The number of esters is 1. The van der Waals surface area contributed by atoms with Crippen LogP contribution in [0, 0.1) is 63.1 Å². The Labute approximate surface area is 226 Å². The van der Waals surface area contributed by atoms with Gasteiger partial charge in [-0.1, -0.05) is 64.3 Å². The number of allylic oxidation sites excluding steroid dienone is 4. The fourth-order valence-electron chi connectivity index (χ4n) is 12.6. The number of fused-ring (bicyclic) bond motifs is 9. The second-order valence-electron chi connectivity index (χ2n) is 16.4. The zero-order chi connectivity index (χ0) is 26.1. The minimum Gasteiger partial charge on any atom is -0.462 e. The number of rotatable bonds is 1. The highest BCUT2D eigenvalue weighted by atomic mass is 16.6. The van der Waals surface area contributed by atoms with Crippen LogP contribution in [0.15, 0.2) is 22.8 Å². The first-order valence-corrected chi connectivity index (χ1v) is 16.0. The molecule has 0 N–H and O–H groups in total. The van der Waals surface area contributed by atoms with E-state index in [0.717, 1.165) is 30.6 Å². The van der Waals surface area contributed by atoms with Gasteiger partial charge in [0.1, 0.15) is 6.10 Å². The van der Waals surface area contributed by atoms with E-state index in [2.05, 4.69) is 54.5 Å². The van der Waals surface area contributed by atoms with E-state index in [1.807, 2.05) is 5.57 Å². The Morgan fingerprint density at radius 1 is 0.973 bits per heavy atom. The molecular formula is C35H52O2. The lowest BCUT2D eigenvalue weighted by atomic mass is 9.47. The van der Waals surface area contributed by atoms with Crippen LogP contribution in [0.2, 0.25) is 0 Å². The summed E-state index contributed by atoms with van der Waals surface area (Å²) < 4.78 is 6.51. The van der Waals surface area contributed by atoms with Crippen molar-refractivity contribution in [2.24, 2.45) is 63.1 Å². The Morgan fingerprint density at radius 2 is 1.76 bits per heavy atom. The highest BCUT2D eigenvalue weighted by Crippen LogP contribution is 2.77. The molecule has 6 aliphatic carbocycles. The second-order valence-corrected chi connectivity index (χ2v) is 16.4. The summed E-state index contributed by atoms with van der Waals surface area (Å²) >= 11 is 0. The van der Waals surface area contributed by atoms with Crippen molar-refractivity contribution in [1.82, 2.24) is 0 Å². The van der Waals surface area contributed by atoms with E-state index < -0.39 is 0 Å². The quantitative estimate of drug-likeness (QED) is 0.263. The molecule has 0 aromatic carbocycles. The Bertz CT molecular complexity index is 1080. The van der Waals surface area contributed by atoms with Crippen LogP contribution in [-0.2, 0) is 9.53 Å². The predicted molar refractivity (Wildman–Crippen MR) is 150 cm³/mol. The van der Waals surface area contributed by atoms with Crippen molar-refractivity contribution in [3.63, 3.8) is 0 Å². The zero-order valence-corrected chi connectivity index (χ0v) is 24.8. The van der Waals surface area contributed by atoms with Gasteiger partial charge in [-0.05, 0) is 124 Å². The number of hydrogen-bond donors (Lipinski definition) is 0. The van der Waals surface area contributed by atoms with Gasteiger partial charge in [0.2, 0.25) is 0 Å². The monoisotopic (exact) mass is 504 g/mol. The van der Waals surface area contributed by atoms with E-state index >= 15 is 0 Å². The third kappa shape index (κ3) is 3.03. The molecule has 0 radical (unpaired) electrons. The van der Waals surface area contributed by atoms with E-state index in [4.69, 9.17) is 4.74 Å². The van der Waals surface area contributed by atoms with Crippen molar-refractivity contribution < 1.29 is 9.53 Å². The third-order valence-electron chi connectivity index (χ3n) is 14.4. The van der Waals surface area contributed by atoms with Crippen LogP contribution in [0.5, 0.6) is 0 Å². The van der Waals surface area contributed by atoms with Crippen LogP contribution >= 0.6 is 0 Å². The summed E-state index contributed by atoms with van der Waals surface area (Å²) in [5, 5.41) is 0. The Balaban J connectivity index is 1.30. The molecule has 0 unspecified atom stereocenters. The van der Waals surface area contributed by atoms with Gasteiger partial charge in [-0.3, -0.25) is 4.79 Å². The van der Waals surface area contributed by atoms with Crippen molar-refractivity contribution in [2.45, 2.75) is 125 Å². The Morgan fingerprint density at radius 3 is 2.51 bits per heavy atom. The van der Waals surface area contributed by atoms with Gasteiger partial charge in [0.25, 0.3) is 0 Å². The molecular weight excluding hydrogens is 452 g/mol. The first kappa shape index (κ1) is 25.0. The topological polar surface area (TPSA) is 26.3 Å². The molecule has 1 saturated heterocycles.